The molecule has 98 heavy (non-hydrogen) atoms. The number of hydrogen-bond donors (Lipinski definition) is 0. The highest BCUT2D eigenvalue weighted by Crippen LogP contribution is 2.79. The zero-order valence-corrected chi connectivity index (χ0v) is 75.0. The van der Waals surface area contributed by atoms with Crippen LogP contribution in [0.1, 0.15) is 504 Å². The van der Waals surface area contributed by atoms with Crippen LogP contribution in [-0.4, -0.2) is 0 Å². The SMILES string of the molecule is CCCCCC(CCC)CC(CCCCC(CCC)C(CC(CCC)CCCCC)(C(C)C(C)C(C)CC)C(CC(CCC)CCCCC)(C(C)C)C(C)(C)C(CC(C)CC(C)CC)(CC(CCC)CCCCC)C(C)(C)C(C)CCC)(CC(C)CC(C)(C)C)C(C)C(CC)CCC. The lowest BCUT2D eigenvalue weighted by atomic mass is 9.29. The van der Waals surface area contributed by atoms with E-state index in [0.29, 0.717) is 52.3 Å². The normalized spacial score (nSPS) is 19.8. The van der Waals surface area contributed by atoms with Gasteiger partial charge in [-0.1, -0.05) is 439 Å². The predicted molar refractivity (Wildman–Crippen MR) is 453 cm³/mol. The highest BCUT2D eigenvalue weighted by Gasteiger charge is 2.72. The number of rotatable bonds is 65. The molecule has 590 valence electrons. The number of unbranched alkanes of at least 4 members (excludes halogenated alkanes) is 9. The molecule has 0 aliphatic heterocycles. The average Bonchev–Trinajstić information content (AvgIpc) is 0.673. The van der Waals surface area contributed by atoms with Crippen molar-refractivity contribution >= 4 is 0 Å². The van der Waals surface area contributed by atoms with Gasteiger partial charge in [0.25, 0.3) is 0 Å². The zero-order chi connectivity index (χ0) is 75.0. The van der Waals surface area contributed by atoms with Gasteiger partial charge in [0.15, 0.2) is 0 Å². The van der Waals surface area contributed by atoms with Gasteiger partial charge in [0.05, 0.1) is 0 Å². The molecule has 0 spiro atoms. The van der Waals surface area contributed by atoms with Gasteiger partial charge in [-0.3, -0.25) is 0 Å². The molecule has 0 radical (unpaired) electrons. The first kappa shape index (κ1) is 98.0. The van der Waals surface area contributed by atoms with E-state index in [4.69, 9.17) is 0 Å². The summed E-state index contributed by atoms with van der Waals surface area (Å²) in [4.78, 5) is 0. The van der Waals surface area contributed by atoms with Crippen molar-refractivity contribution in [3.8, 4) is 0 Å². The van der Waals surface area contributed by atoms with Crippen LogP contribution in [0.3, 0.4) is 0 Å². The third-order valence-corrected chi connectivity index (χ3v) is 30.3. The fourth-order valence-corrected chi connectivity index (χ4v) is 24.7. The standard InChI is InChI=1S/C98H198/c1-32-46-50-63-86(57-37-6)73-95(71-80(19)70-92(25,26)27,85(24)90(45-14)61-41-10)68-55-54-67-91(62-42-11)97(84(23)83(22)81(20)44-13,75-88(59-39-8)65-52-48-34-3)98(77(15)16,76-89(60-40-9)66-53-49-35-4)94(30,31)96(72-79(18)69-78(17)43-12,93(28,29)82(21)56-36-5)74-87(58-38-7)64-51-47-33-2/h77-91H,32-76H2,1-31H3. The Balaban J connectivity index is 10.9. The Morgan fingerprint density at radius 2 is 0.735 bits per heavy atom. The Morgan fingerprint density at radius 1 is 0.306 bits per heavy atom. The maximum Gasteiger partial charge on any atom is -0.0153 e. The summed E-state index contributed by atoms with van der Waals surface area (Å²) in [6.07, 6.45) is 62.3. The zero-order valence-electron chi connectivity index (χ0n) is 75.0. The molecular weight excluding hydrogens is 1180 g/mol. The van der Waals surface area contributed by atoms with Crippen LogP contribution >= 0.6 is 0 Å². The predicted octanol–water partition coefficient (Wildman–Crippen LogP) is 35.3. The highest BCUT2D eigenvalue weighted by molar-refractivity contribution is 5.20. The lowest BCUT2D eigenvalue weighted by molar-refractivity contribution is -0.273. The van der Waals surface area contributed by atoms with Gasteiger partial charge < -0.3 is 0 Å². The Kier molecular flexibility index (Phi) is 51.3. The summed E-state index contributed by atoms with van der Waals surface area (Å²) in [5.74, 6) is 10.7. The molecule has 0 aromatic carbocycles. The first-order chi connectivity index (χ1) is 46.2. The first-order valence-electron chi connectivity index (χ1n) is 46.2. The average molecular weight is 1380 g/mol. The van der Waals surface area contributed by atoms with Crippen LogP contribution < -0.4 is 0 Å². The molecule has 0 fully saturated rings. The maximum atomic E-state index is 3.18. The monoisotopic (exact) mass is 1380 g/mol. The Labute approximate surface area is 626 Å². The molecule has 0 heteroatoms. The van der Waals surface area contributed by atoms with E-state index in [9.17, 15) is 0 Å². The van der Waals surface area contributed by atoms with Gasteiger partial charge in [-0.2, -0.15) is 0 Å². The van der Waals surface area contributed by atoms with E-state index < -0.39 is 0 Å². The van der Waals surface area contributed by atoms with E-state index in [2.05, 4.69) is 215 Å². The van der Waals surface area contributed by atoms with Crippen molar-refractivity contribution in [3.63, 3.8) is 0 Å². The van der Waals surface area contributed by atoms with Crippen molar-refractivity contribution < 1.29 is 0 Å². The molecule has 0 amide bonds. The quantitative estimate of drug-likeness (QED) is 0.0533. The molecule has 0 aromatic rings. The van der Waals surface area contributed by atoms with Gasteiger partial charge in [-0.05, 0) is 191 Å². The molecule has 0 N–H and O–H groups in total. The van der Waals surface area contributed by atoms with Gasteiger partial charge in [-0.25, -0.2) is 0 Å². The van der Waals surface area contributed by atoms with Crippen molar-refractivity contribution in [2.24, 2.45) is 127 Å². The second kappa shape index (κ2) is 51.3. The van der Waals surface area contributed by atoms with Gasteiger partial charge in [0.2, 0.25) is 0 Å². The van der Waals surface area contributed by atoms with E-state index in [0.717, 1.165) is 47.3 Å². The van der Waals surface area contributed by atoms with E-state index in [1.807, 2.05) is 0 Å². The summed E-state index contributed by atoms with van der Waals surface area (Å²) in [6, 6.07) is 0. The largest absolute Gasteiger partial charge is 0.0654 e. The van der Waals surface area contributed by atoms with Crippen LogP contribution in [-0.2, 0) is 0 Å². The lowest BCUT2D eigenvalue weighted by Gasteiger charge is -2.75. The molecule has 0 bridgehead atoms. The minimum absolute atomic E-state index is 0.0147. The third kappa shape index (κ3) is 29.3. The van der Waals surface area contributed by atoms with Crippen molar-refractivity contribution in [1.29, 1.82) is 0 Å². The molecule has 18 unspecified atom stereocenters. The van der Waals surface area contributed by atoms with Crippen LogP contribution in [0.5, 0.6) is 0 Å². The van der Waals surface area contributed by atoms with E-state index >= 15 is 0 Å². The Morgan fingerprint density at radius 3 is 1.13 bits per heavy atom. The fourth-order valence-electron chi connectivity index (χ4n) is 24.7. The minimum atomic E-state index is 0.0147. The topological polar surface area (TPSA) is 0 Å². The van der Waals surface area contributed by atoms with Crippen LogP contribution in [0.25, 0.3) is 0 Å². The van der Waals surface area contributed by atoms with Crippen molar-refractivity contribution in [2.45, 2.75) is 504 Å². The van der Waals surface area contributed by atoms with Crippen molar-refractivity contribution in [1.82, 2.24) is 0 Å². The van der Waals surface area contributed by atoms with Gasteiger partial charge in [-0.15, -0.1) is 0 Å². The summed E-state index contributed by atoms with van der Waals surface area (Å²) < 4.78 is 0. The fraction of sp³-hybridized carbons (Fsp3) is 1.00. The summed E-state index contributed by atoms with van der Waals surface area (Å²) >= 11 is 0. The summed E-state index contributed by atoms with van der Waals surface area (Å²) in [6.45, 7) is 84.1. The third-order valence-electron chi connectivity index (χ3n) is 30.3. The molecule has 0 saturated heterocycles. The molecule has 0 nitrogen and oxygen atoms in total. The molecule has 0 heterocycles. The first-order valence-corrected chi connectivity index (χ1v) is 46.2. The molecule has 0 rings (SSSR count). The Bertz CT molecular complexity index is 1840. The van der Waals surface area contributed by atoms with Crippen LogP contribution in [0, 0.1) is 127 Å². The molecule has 0 aromatic heterocycles. The summed E-state index contributed by atoms with van der Waals surface area (Å²) in [5.41, 5.74) is 1.19. The smallest absolute Gasteiger partial charge is 0.0153 e. The van der Waals surface area contributed by atoms with Gasteiger partial charge in [0, 0.05) is 0 Å². The Hall–Kier alpha value is 0. The van der Waals surface area contributed by atoms with E-state index in [1.54, 1.807) is 0 Å². The van der Waals surface area contributed by atoms with Crippen molar-refractivity contribution in [2.75, 3.05) is 0 Å². The molecule has 0 saturated carbocycles. The second-order valence-electron chi connectivity index (χ2n) is 39.7. The second-order valence-corrected chi connectivity index (χ2v) is 39.7. The van der Waals surface area contributed by atoms with Crippen LogP contribution in [0.2, 0.25) is 0 Å². The van der Waals surface area contributed by atoms with Gasteiger partial charge >= 0.3 is 0 Å². The van der Waals surface area contributed by atoms with Crippen molar-refractivity contribution in [3.05, 3.63) is 0 Å². The maximum absolute atomic E-state index is 3.18. The molecule has 18 atom stereocenters. The van der Waals surface area contributed by atoms with Crippen LogP contribution in [0.4, 0.5) is 0 Å². The van der Waals surface area contributed by atoms with Gasteiger partial charge in [0.1, 0.15) is 0 Å². The number of hydrogen-bond acceptors (Lipinski definition) is 0. The highest BCUT2D eigenvalue weighted by atomic mass is 14.8. The minimum Gasteiger partial charge on any atom is -0.0654 e. The summed E-state index contributed by atoms with van der Waals surface area (Å²) in [7, 11) is 0. The molecule has 0 aliphatic rings. The lowest BCUT2D eigenvalue weighted by Crippen LogP contribution is -2.69. The molecular formula is C98H198. The van der Waals surface area contributed by atoms with E-state index in [-0.39, 0.29) is 27.1 Å². The summed E-state index contributed by atoms with van der Waals surface area (Å²) in [5, 5.41) is 0. The van der Waals surface area contributed by atoms with Crippen LogP contribution in [0.15, 0.2) is 0 Å². The van der Waals surface area contributed by atoms with E-state index in [1.165, 1.54) is 289 Å². The molecule has 0 aliphatic carbocycles.